The van der Waals surface area contributed by atoms with Gasteiger partial charge in [-0.2, -0.15) is 0 Å². The third-order valence-electron chi connectivity index (χ3n) is 2.97. The van der Waals surface area contributed by atoms with Crippen molar-refractivity contribution in [2.45, 2.75) is 26.8 Å². The van der Waals surface area contributed by atoms with Crippen LogP contribution < -0.4 is 10.2 Å². The molecule has 19 heavy (non-hydrogen) atoms. The number of nitrogens with zero attached hydrogens (tertiary/aromatic N) is 2. The van der Waals surface area contributed by atoms with E-state index >= 15 is 0 Å². The van der Waals surface area contributed by atoms with Crippen molar-refractivity contribution >= 4 is 11.5 Å². The second-order valence-electron chi connectivity index (χ2n) is 4.42. The molecule has 0 fully saturated rings. The van der Waals surface area contributed by atoms with Crippen molar-refractivity contribution in [2.24, 2.45) is 0 Å². The Balaban J connectivity index is 2.09. The van der Waals surface area contributed by atoms with Crippen molar-refractivity contribution in [1.29, 1.82) is 0 Å². The summed E-state index contributed by atoms with van der Waals surface area (Å²) >= 11 is 0. The first-order chi connectivity index (χ1) is 9.33. The molecule has 1 N–H and O–H groups in total. The van der Waals surface area contributed by atoms with Gasteiger partial charge in [-0.15, -0.1) is 0 Å². The Morgan fingerprint density at radius 1 is 1.32 bits per heavy atom. The molecule has 4 nitrogen and oxygen atoms in total. The summed E-state index contributed by atoms with van der Waals surface area (Å²) in [5, 5.41) is 3.31. The zero-order valence-corrected chi connectivity index (χ0v) is 11.6. The second-order valence-corrected chi connectivity index (χ2v) is 4.42. The van der Waals surface area contributed by atoms with Gasteiger partial charge in [0.1, 0.15) is 11.6 Å². The van der Waals surface area contributed by atoms with Crippen molar-refractivity contribution in [3.63, 3.8) is 0 Å². The van der Waals surface area contributed by atoms with Crippen LogP contribution in [0.15, 0.2) is 41.1 Å². The zero-order valence-electron chi connectivity index (χ0n) is 11.6. The molecule has 2 aromatic heterocycles. The van der Waals surface area contributed by atoms with E-state index in [0.717, 1.165) is 43.3 Å². The maximum atomic E-state index is 5.41. The van der Waals surface area contributed by atoms with Crippen LogP contribution in [0.4, 0.5) is 11.5 Å². The highest BCUT2D eigenvalue weighted by Crippen LogP contribution is 2.19. The van der Waals surface area contributed by atoms with E-state index in [1.54, 1.807) is 6.26 Å². The maximum Gasteiger partial charge on any atom is 0.127 e. The number of anilines is 2. The lowest BCUT2D eigenvalue weighted by atomic mass is 10.3. The van der Waals surface area contributed by atoms with Gasteiger partial charge in [-0.1, -0.05) is 6.92 Å². The number of furan rings is 1. The number of pyridine rings is 1. The second kappa shape index (κ2) is 6.83. The molecule has 0 atom stereocenters. The van der Waals surface area contributed by atoms with Crippen molar-refractivity contribution in [3.05, 3.63) is 42.5 Å². The summed E-state index contributed by atoms with van der Waals surface area (Å²) in [5.41, 5.74) is 1.16. The molecular formula is C15H21N3O. The van der Waals surface area contributed by atoms with Crippen LogP contribution in [0.1, 0.15) is 26.0 Å². The highest BCUT2D eigenvalue weighted by Gasteiger charge is 2.08. The van der Waals surface area contributed by atoms with Crippen molar-refractivity contribution in [1.82, 2.24) is 4.98 Å². The molecule has 0 spiro atoms. The van der Waals surface area contributed by atoms with Gasteiger partial charge < -0.3 is 14.6 Å². The molecular weight excluding hydrogens is 238 g/mol. The van der Waals surface area contributed by atoms with Crippen LogP contribution in [0.5, 0.6) is 0 Å². The van der Waals surface area contributed by atoms with E-state index in [9.17, 15) is 0 Å². The topological polar surface area (TPSA) is 41.3 Å². The highest BCUT2D eigenvalue weighted by atomic mass is 16.3. The maximum absolute atomic E-state index is 5.41. The van der Waals surface area contributed by atoms with Crippen molar-refractivity contribution in [3.8, 4) is 0 Å². The summed E-state index contributed by atoms with van der Waals surface area (Å²) in [6.07, 6.45) is 4.65. The molecule has 2 heterocycles. The van der Waals surface area contributed by atoms with Gasteiger partial charge in [0, 0.05) is 31.0 Å². The first-order valence-electron chi connectivity index (χ1n) is 6.80. The summed E-state index contributed by atoms with van der Waals surface area (Å²) in [5.74, 6) is 1.90. The Labute approximate surface area is 114 Å². The predicted molar refractivity (Wildman–Crippen MR) is 78.4 cm³/mol. The van der Waals surface area contributed by atoms with E-state index in [4.69, 9.17) is 4.42 Å². The quantitative estimate of drug-likeness (QED) is 0.826. The lowest BCUT2D eigenvalue weighted by Crippen LogP contribution is -2.21. The molecule has 102 valence electrons. The van der Waals surface area contributed by atoms with Gasteiger partial charge in [0.25, 0.3) is 0 Å². The van der Waals surface area contributed by atoms with Gasteiger partial charge in [0.05, 0.1) is 12.8 Å². The number of hydrogen-bond acceptors (Lipinski definition) is 4. The Hall–Kier alpha value is -1.97. The molecule has 0 bridgehead atoms. The molecule has 0 aliphatic carbocycles. The lowest BCUT2D eigenvalue weighted by Gasteiger charge is -2.22. The van der Waals surface area contributed by atoms with Crippen LogP contribution in [0, 0.1) is 0 Å². The van der Waals surface area contributed by atoms with Crippen LogP contribution in [-0.2, 0) is 6.54 Å². The summed E-state index contributed by atoms with van der Waals surface area (Å²) in [4.78, 5) is 6.59. The van der Waals surface area contributed by atoms with E-state index in [1.165, 1.54) is 0 Å². The van der Waals surface area contributed by atoms with Crippen LogP contribution in [-0.4, -0.2) is 18.1 Å². The van der Waals surface area contributed by atoms with Crippen LogP contribution in [0.25, 0.3) is 0 Å². The minimum atomic E-state index is 0.779. The zero-order chi connectivity index (χ0) is 13.5. The van der Waals surface area contributed by atoms with Gasteiger partial charge in [-0.3, -0.25) is 0 Å². The standard InChI is InChI=1S/C15H21N3O/c1-3-8-16-15-11-13(7-9-17-15)18(4-2)12-14-6-5-10-19-14/h5-7,9-11H,3-4,8,12H2,1-2H3,(H,16,17). The first-order valence-corrected chi connectivity index (χ1v) is 6.80. The first kappa shape index (κ1) is 13.5. The van der Waals surface area contributed by atoms with Crippen LogP contribution in [0.2, 0.25) is 0 Å². The molecule has 0 amide bonds. The molecule has 0 aliphatic rings. The third kappa shape index (κ3) is 3.74. The number of rotatable bonds is 7. The van der Waals surface area contributed by atoms with Crippen molar-refractivity contribution in [2.75, 3.05) is 23.3 Å². The molecule has 0 saturated heterocycles. The minimum absolute atomic E-state index is 0.779. The number of nitrogens with one attached hydrogen (secondary N) is 1. The van der Waals surface area contributed by atoms with Gasteiger partial charge in [-0.25, -0.2) is 4.98 Å². The molecule has 4 heteroatoms. The summed E-state index contributed by atoms with van der Waals surface area (Å²) < 4.78 is 5.41. The summed E-state index contributed by atoms with van der Waals surface area (Å²) in [6, 6.07) is 8.04. The summed E-state index contributed by atoms with van der Waals surface area (Å²) in [7, 11) is 0. The average molecular weight is 259 g/mol. The Kier molecular flexibility index (Phi) is 4.84. The molecule has 0 radical (unpaired) electrons. The SMILES string of the molecule is CCCNc1cc(N(CC)Cc2ccco2)ccn1. The van der Waals surface area contributed by atoms with Gasteiger partial charge in [0.15, 0.2) is 0 Å². The average Bonchev–Trinajstić information content (AvgIpc) is 2.96. The highest BCUT2D eigenvalue weighted by molar-refractivity contribution is 5.53. The van der Waals surface area contributed by atoms with Crippen LogP contribution in [0.3, 0.4) is 0 Å². The number of hydrogen-bond donors (Lipinski definition) is 1. The van der Waals surface area contributed by atoms with Gasteiger partial charge in [-0.05, 0) is 31.5 Å². The van der Waals surface area contributed by atoms with E-state index in [1.807, 2.05) is 24.4 Å². The fourth-order valence-corrected chi connectivity index (χ4v) is 1.94. The van der Waals surface area contributed by atoms with E-state index in [0.29, 0.717) is 0 Å². The Morgan fingerprint density at radius 2 is 2.21 bits per heavy atom. The molecule has 0 unspecified atom stereocenters. The third-order valence-corrected chi connectivity index (χ3v) is 2.97. The summed E-state index contributed by atoms with van der Waals surface area (Å²) in [6.45, 7) is 6.94. The largest absolute Gasteiger partial charge is 0.467 e. The van der Waals surface area contributed by atoms with E-state index < -0.39 is 0 Å². The number of aromatic nitrogens is 1. The molecule has 0 saturated carbocycles. The molecule has 0 aliphatic heterocycles. The Bertz CT molecular complexity index is 482. The van der Waals surface area contributed by atoms with Crippen molar-refractivity contribution < 1.29 is 4.42 Å². The van der Waals surface area contributed by atoms with Gasteiger partial charge in [0.2, 0.25) is 0 Å². The minimum Gasteiger partial charge on any atom is -0.467 e. The van der Waals surface area contributed by atoms with E-state index in [-0.39, 0.29) is 0 Å². The smallest absolute Gasteiger partial charge is 0.127 e. The fourth-order valence-electron chi connectivity index (χ4n) is 1.94. The van der Waals surface area contributed by atoms with Gasteiger partial charge >= 0.3 is 0 Å². The molecule has 2 rings (SSSR count). The fraction of sp³-hybridized carbons (Fsp3) is 0.400. The Morgan fingerprint density at radius 3 is 2.89 bits per heavy atom. The normalized spacial score (nSPS) is 10.4. The monoisotopic (exact) mass is 259 g/mol. The predicted octanol–water partition coefficient (Wildman–Crippen LogP) is 3.52. The molecule has 2 aromatic rings. The molecule has 0 aromatic carbocycles. The lowest BCUT2D eigenvalue weighted by molar-refractivity contribution is 0.503. The van der Waals surface area contributed by atoms with E-state index in [2.05, 4.69) is 35.1 Å². The van der Waals surface area contributed by atoms with Crippen LogP contribution >= 0.6 is 0 Å².